The van der Waals surface area contributed by atoms with Crippen molar-refractivity contribution in [3.63, 3.8) is 0 Å². The molecule has 0 fully saturated rings. The van der Waals surface area contributed by atoms with Crippen molar-refractivity contribution in [1.29, 1.82) is 0 Å². The lowest BCUT2D eigenvalue weighted by molar-refractivity contribution is -0.137. The second kappa shape index (κ2) is 5.42. The number of anilines is 3. The number of halogens is 5. The van der Waals surface area contributed by atoms with Gasteiger partial charge in [0.1, 0.15) is 0 Å². The summed E-state index contributed by atoms with van der Waals surface area (Å²) in [7, 11) is 0. The van der Waals surface area contributed by atoms with Crippen LogP contribution < -0.4 is 11.1 Å². The van der Waals surface area contributed by atoms with Crippen molar-refractivity contribution >= 4 is 40.3 Å². The fourth-order valence-electron chi connectivity index (χ4n) is 1.63. The highest BCUT2D eigenvalue weighted by molar-refractivity contribution is 6.35. The van der Waals surface area contributed by atoms with Gasteiger partial charge in [0, 0.05) is 15.7 Å². The Kier molecular flexibility index (Phi) is 4.01. The topological polar surface area (TPSA) is 38.0 Å². The minimum Gasteiger partial charge on any atom is -0.397 e. The normalized spacial score (nSPS) is 11.4. The monoisotopic (exact) mass is 320 g/mol. The van der Waals surface area contributed by atoms with Crippen molar-refractivity contribution in [3.05, 3.63) is 52.0 Å². The molecule has 0 aliphatic rings. The number of hydrogen-bond donors (Lipinski definition) is 2. The van der Waals surface area contributed by atoms with E-state index < -0.39 is 11.7 Å². The van der Waals surface area contributed by atoms with E-state index in [4.69, 9.17) is 28.9 Å². The van der Waals surface area contributed by atoms with E-state index in [0.29, 0.717) is 21.4 Å². The summed E-state index contributed by atoms with van der Waals surface area (Å²) in [6.45, 7) is 0. The average molecular weight is 321 g/mol. The van der Waals surface area contributed by atoms with Crippen molar-refractivity contribution in [2.75, 3.05) is 11.1 Å². The molecule has 3 N–H and O–H groups in total. The first-order valence-corrected chi connectivity index (χ1v) is 6.21. The third kappa shape index (κ3) is 3.49. The zero-order valence-corrected chi connectivity index (χ0v) is 11.4. The number of nitrogens with two attached hydrogens (primary N) is 1. The van der Waals surface area contributed by atoms with Gasteiger partial charge in [-0.3, -0.25) is 0 Å². The highest BCUT2D eigenvalue weighted by atomic mass is 35.5. The van der Waals surface area contributed by atoms with E-state index in [-0.39, 0.29) is 5.69 Å². The highest BCUT2D eigenvalue weighted by Crippen LogP contribution is 2.34. The van der Waals surface area contributed by atoms with Crippen LogP contribution in [0.5, 0.6) is 0 Å². The summed E-state index contributed by atoms with van der Waals surface area (Å²) in [5.74, 6) is 0. The number of alkyl halides is 3. The molecule has 0 amide bonds. The lowest BCUT2D eigenvalue weighted by Crippen LogP contribution is -2.06. The molecule has 0 radical (unpaired) electrons. The predicted octanol–water partition coefficient (Wildman–Crippen LogP) is 5.34. The Morgan fingerprint density at radius 3 is 2.05 bits per heavy atom. The smallest absolute Gasteiger partial charge is 0.397 e. The third-order valence-corrected chi connectivity index (χ3v) is 2.96. The van der Waals surface area contributed by atoms with E-state index in [1.54, 1.807) is 18.2 Å². The third-order valence-electron chi connectivity index (χ3n) is 2.52. The van der Waals surface area contributed by atoms with Gasteiger partial charge in [0.2, 0.25) is 0 Å². The van der Waals surface area contributed by atoms with Crippen LogP contribution in [0.4, 0.5) is 30.2 Å². The maximum Gasteiger partial charge on any atom is 0.416 e. The van der Waals surface area contributed by atoms with Crippen LogP contribution in [0.2, 0.25) is 10.0 Å². The maximum absolute atomic E-state index is 12.5. The fraction of sp³-hybridized carbons (Fsp3) is 0.0769. The molecule has 0 spiro atoms. The van der Waals surface area contributed by atoms with E-state index in [1.165, 1.54) is 6.07 Å². The molecule has 0 aliphatic heterocycles. The van der Waals surface area contributed by atoms with Crippen LogP contribution in [0.15, 0.2) is 36.4 Å². The van der Waals surface area contributed by atoms with Gasteiger partial charge in [-0.2, -0.15) is 13.2 Å². The van der Waals surface area contributed by atoms with Crippen molar-refractivity contribution in [1.82, 2.24) is 0 Å². The van der Waals surface area contributed by atoms with Crippen LogP contribution in [0.3, 0.4) is 0 Å². The molecule has 0 bridgehead atoms. The fourth-order valence-corrected chi connectivity index (χ4v) is 2.16. The standard InChI is InChI=1S/C13H9Cl2F3N2/c14-8-4-9(15)6-10(5-8)20-12-2-1-7(3-11(12)19)13(16,17)18/h1-6,20H,19H2. The molecule has 0 unspecified atom stereocenters. The van der Waals surface area contributed by atoms with Crippen molar-refractivity contribution in [2.45, 2.75) is 6.18 Å². The van der Waals surface area contributed by atoms with Gasteiger partial charge in [-0.25, -0.2) is 0 Å². The number of nitrogen functional groups attached to an aromatic ring is 1. The van der Waals surface area contributed by atoms with Gasteiger partial charge < -0.3 is 11.1 Å². The van der Waals surface area contributed by atoms with Crippen molar-refractivity contribution in [2.24, 2.45) is 0 Å². The minimum absolute atomic E-state index is 0.0177. The summed E-state index contributed by atoms with van der Waals surface area (Å²) in [6.07, 6.45) is -4.42. The highest BCUT2D eigenvalue weighted by Gasteiger charge is 2.30. The van der Waals surface area contributed by atoms with Crippen LogP contribution in [0.25, 0.3) is 0 Å². The summed E-state index contributed by atoms with van der Waals surface area (Å²) in [5.41, 5.74) is 5.67. The molecule has 2 nitrogen and oxygen atoms in total. The molecule has 0 atom stereocenters. The Morgan fingerprint density at radius 2 is 1.55 bits per heavy atom. The van der Waals surface area contributed by atoms with Gasteiger partial charge in [-0.1, -0.05) is 23.2 Å². The quantitative estimate of drug-likeness (QED) is 0.733. The predicted molar refractivity (Wildman–Crippen MR) is 75.6 cm³/mol. The summed E-state index contributed by atoms with van der Waals surface area (Å²) >= 11 is 11.7. The number of rotatable bonds is 2. The van der Waals surface area contributed by atoms with Gasteiger partial charge in [0.05, 0.1) is 16.9 Å². The molecular formula is C13H9Cl2F3N2. The molecule has 106 valence electrons. The van der Waals surface area contributed by atoms with Crippen LogP contribution in [0, 0.1) is 0 Å². The Hall–Kier alpha value is -1.59. The molecule has 7 heteroatoms. The lowest BCUT2D eigenvalue weighted by atomic mass is 10.1. The molecule has 2 aromatic rings. The number of nitrogens with one attached hydrogen (secondary N) is 1. The first-order valence-electron chi connectivity index (χ1n) is 5.45. The summed E-state index contributed by atoms with van der Waals surface area (Å²) in [5, 5.41) is 3.69. The zero-order valence-electron chi connectivity index (χ0n) is 9.93. The molecular weight excluding hydrogens is 312 g/mol. The number of hydrogen-bond acceptors (Lipinski definition) is 2. The van der Waals surface area contributed by atoms with Gasteiger partial charge in [-0.05, 0) is 36.4 Å². The van der Waals surface area contributed by atoms with Crippen LogP contribution >= 0.6 is 23.2 Å². The van der Waals surface area contributed by atoms with Crippen molar-refractivity contribution in [3.8, 4) is 0 Å². The molecule has 2 rings (SSSR count). The molecule has 0 saturated heterocycles. The van der Waals surface area contributed by atoms with E-state index in [1.807, 2.05) is 0 Å². The SMILES string of the molecule is Nc1cc(C(F)(F)F)ccc1Nc1cc(Cl)cc(Cl)c1. The largest absolute Gasteiger partial charge is 0.416 e. The summed E-state index contributed by atoms with van der Waals surface area (Å²) in [6, 6.07) is 7.80. The Morgan fingerprint density at radius 1 is 0.950 bits per heavy atom. The zero-order chi connectivity index (χ0) is 14.9. The molecule has 0 aliphatic carbocycles. The van der Waals surface area contributed by atoms with Crippen LogP contribution in [-0.2, 0) is 6.18 Å². The summed E-state index contributed by atoms with van der Waals surface area (Å²) < 4.78 is 37.6. The second-order valence-corrected chi connectivity index (χ2v) is 4.96. The Labute approximate surface area is 123 Å². The Bertz CT molecular complexity index is 622. The molecule has 0 saturated carbocycles. The van der Waals surface area contributed by atoms with Crippen molar-refractivity contribution < 1.29 is 13.2 Å². The van der Waals surface area contributed by atoms with E-state index in [2.05, 4.69) is 5.32 Å². The van der Waals surface area contributed by atoms with Crippen LogP contribution in [-0.4, -0.2) is 0 Å². The van der Waals surface area contributed by atoms with Gasteiger partial charge in [-0.15, -0.1) is 0 Å². The van der Waals surface area contributed by atoms with Gasteiger partial charge >= 0.3 is 6.18 Å². The first kappa shape index (κ1) is 14.8. The summed E-state index contributed by atoms with van der Waals surface area (Å²) in [4.78, 5) is 0. The maximum atomic E-state index is 12.5. The Balaban J connectivity index is 2.30. The van der Waals surface area contributed by atoms with Gasteiger partial charge in [0.15, 0.2) is 0 Å². The van der Waals surface area contributed by atoms with E-state index in [9.17, 15) is 13.2 Å². The van der Waals surface area contributed by atoms with Gasteiger partial charge in [0.25, 0.3) is 0 Å². The molecule has 20 heavy (non-hydrogen) atoms. The van der Waals surface area contributed by atoms with E-state index >= 15 is 0 Å². The van der Waals surface area contributed by atoms with Crippen LogP contribution in [0.1, 0.15) is 5.56 Å². The molecule has 0 heterocycles. The average Bonchev–Trinajstić information content (AvgIpc) is 2.29. The lowest BCUT2D eigenvalue weighted by Gasteiger charge is -2.13. The minimum atomic E-state index is -4.42. The van der Waals surface area contributed by atoms with E-state index in [0.717, 1.165) is 12.1 Å². The first-order chi connectivity index (χ1) is 9.25. The second-order valence-electron chi connectivity index (χ2n) is 4.08. The molecule has 2 aromatic carbocycles. The number of benzene rings is 2. The molecule has 0 aromatic heterocycles.